The van der Waals surface area contributed by atoms with E-state index in [1.165, 1.54) is 12.1 Å². The van der Waals surface area contributed by atoms with E-state index in [4.69, 9.17) is 5.21 Å². The Morgan fingerprint density at radius 1 is 1.22 bits per heavy atom. The Morgan fingerprint density at radius 2 is 1.78 bits per heavy atom. The van der Waals surface area contributed by atoms with Crippen LogP contribution >= 0.6 is 0 Å². The topological polar surface area (TPSA) is 35.8 Å². The van der Waals surface area contributed by atoms with E-state index >= 15 is 0 Å². The van der Waals surface area contributed by atoms with Crippen molar-refractivity contribution in [2.24, 2.45) is 5.16 Å². The molecule has 18 heavy (non-hydrogen) atoms. The van der Waals surface area contributed by atoms with Gasteiger partial charge in [-0.15, -0.1) is 13.2 Å². The SMILES string of the molecule is C=CCN(CC=C)C/C(=N/O)c1ccc(F)cc1. The Kier molecular flexibility index (Phi) is 5.80. The first-order valence-corrected chi connectivity index (χ1v) is 5.62. The van der Waals surface area contributed by atoms with Crippen molar-refractivity contribution < 1.29 is 9.60 Å². The van der Waals surface area contributed by atoms with Gasteiger partial charge in [0.25, 0.3) is 0 Å². The third-order valence-corrected chi connectivity index (χ3v) is 2.45. The summed E-state index contributed by atoms with van der Waals surface area (Å²) in [6, 6.07) is 5.85. The Hall–Kier alpha value is -1.94. The standard InChI is InChI=1S/C14H17FN2O/c1-3-9-17(10-4-2)11-14(16-18)12-5-7-13(15)8-6-12/h3-8,18H,1-2,9-11H2/b16-14-. The van der Waals surface area contributed by atoms with E-state index in [9.17, 15) is 4.39 Å². The summed E-state index contributed by atoms with van der Waals surface area (Å²) in [6.07, 6.45) is 3.53. The maximum Gasteiger partial charge on any atom is 0.123 e. The van der Waals surface area contributed by atoms with Gasteiger partial charge in [0.05, 0.1) is 0 Å². The predicted octanol–water partition coefficient (Wildman–Crippen LogP) is 2.68. The van der Waals surface area contributed by atoms with Crippen LogP contribution in [0.15, 0.2) is 54.7 Å². The summed E-state index contributed by atoms with van der Waals surface area (Å²) in [5.74, 6) is -0.315. The van der Waals surface area contributed by atoms with Crippen LogP contribution < -0.4 is 0 Å². The van der Waals surface area contributed by atoms with Crippen LogP contribution in [-0.2, 0) is 0 Å². The Bertz CT molecular complexity index is 416. The number of hydrogen-bond donors (Lipinski definition) is 1. The normalized spacial score (nSPS) is 11.6. The monoisotopic (exact) mass is 248 g/mol. The van der Waals surface area contributed by atoms with Gasteiger partial charge >= 0.3 is 0 Å². The maximum absolute atomic E-state index is 12.8. The van der Waals surface area contributed by atoms with Crippen molar-refractivity contribution in [2.45, 2.75) is 0 Å². The molecule has 1 aromatic rings. The molecule has 0 bridgehead atoms. The van der Waals surface area contributed by atoms with Crippen molar-refractivity contribution in [3.8, 4) is 0 Å². The van der Waals surface area contributed by atoms with Crippen molar-refractivity contribution in [3.05, 3.63) is 61.0 Å². The summed E-state index contributed by atoms with van der Waals surface area (Å²) in [5, 5.41) is 12.3. The first-order chi connectivity index (χ1) is 8.71. The lowest BCUT2D eigenvalue weighted by Gasteiger charge is -2.19. The molecule has 3 nitrogen and oxygen atoms in total. The summed E-state index contributed by atoms with van der Waals surface area (Å²) >= 11 is 0. The van der Waals surface area contributed by atoms with Gasteiger partial charge in [-0.1, -0.05) is 29.4 Å². The lowest BCUT2D eigenvalue weighted by molar-refractivity contribution is 0.311. The van der Waals surface area contributed by atoms with E-state index in [2.05, 4.69) is 18.3 Å². The second kappa shape index (κ2) is 7.40. The summed E-state index contributed by atoms with van der Waals surface area (Å²) in [4.78, 5) is 2.00. The molecule has 4 heteroatoms. The molecule has 1 N–H and O–H groups in total. The molecule has 0 heterocycles. The second-order valence-electron chi connectivity index (χ2n) is 3.83. The average Bonchev–Trinajstić information content (AvgIpc) is 2.37. The third-order valence-electron chi connectivity index (χ3n) is 2.45. The molecule has 0 saturated heterocycles. The van der Waals surface area contributed by atoms with Crippen molar-refractivity contribution in [1.82, 2.24) is 4.90 Å². The molecule has 0 amide bonds. The number of halogens is 1. The molecule has 0 atom stereocenters. The van der Waals surface area contributed by atoms with Crippen molar-refractivity contribution in [2.75, 3.05) is 19.6 Å². The molecule has 0 aliphatic rings. The first kappa shape index (κ1) is 14.1. The Labute approximate surface area is 107 Å². The minimum absolute atomic E-state index is 0.315. The van der Waals surface area contributed by atoms with E-state index < -0.39 is 0 Å². The van der Waals surface area contributed by atoms with Gasteiger partial charge in [-0.25, -0.2) is 4.39 Å². The largest absolute Gasteiger partial charge is 0.411 e. The van der Waals surface area contributed by atoms with Crippen LogP contribution in [0.3, 0.4) is 0 Å². The Balaban J connectivity index is 2.80. The number of benzene rings is 1. The molecule has 96 valence electrons. The van der Waals surface area contributed by atoms with Crippen LogP contribution in [0.4, 0.5) is 4.39 Å². The summed E-state index contributed by atoms with van der Waals surface area (Å²) < 4.78 is 12.8. The molecule has 1 rings (SSSR count). The third kappa shape index (κ3) is 4.14. The van der Waals surface area contributed by atoms with Crippen LogP contribution in [-0.4, -0.2) is 35.5 Å². The Morgan fingerprint density at radius 3 is 2.22 bits per heavy atom. The molecular formula is C14H17FN2O. The smallest absolute Gasteiger partial charge is 0.123 e. The summed E-state index contributed by atoms with van der Waals surface area (Å²) in [7, 11) is 0. The molecule has 0 aromatic heterocycles. The van der Waals surface area contributed by atoms with Gasteiger partial charge in [-0.2, -0.15) is 0 Å². The van der Waals surface area contributed by atoms with Gasteiger partial charge < -0.3 is 5.21 Å². The number of oxime groups is 1. The van der Waals surface area contributed by atoms with Gasteiger partial charge in [0, 0.05) is 25.2 Å². The van der Waals surface area contributed by atoms with Gasteiger partial charge in [0.2, 0.25) is 0 Å². The zero-order valence-electron chi connectivity index (χ0n) is 10.2. The van der Waals surface area contributed by atoms with Gasteiger partial charge in [-0.05, 0) is 12.1 Å². The number of rotatable bonds is 7. The number of hydrogen-bond acceptors (Lipinski definition) is 3. The highest BCUT2D eigenvalue weighted by molar-refractivity contribution is 6.01. The van der Waals surface area contributed by atoms with E-state index in [1.54, 1.807) is 24.3 Å². The molecule has 0 aliphatic carbocycles. The molecule has 0 unspecified atom stereocenters. The molecule has 0 fully saturated rings. The minimum atomic E-state index is -0.315. The molecule has 0 radical (unpaired) electrons. The fourth-order valence-electron chi connectivity index (χ4n) is 1.60. The van der Waals surface area contributed by atoms with E-state index in [0.717, 1.165) is 0 Å². The predicted molar refractivity (Wildman–Crippen MR) is 71.6 cm³/mol. The van der Waals surface area contributed by atoms with Crippen LogP contribution in [0.25, 0.3) is 0 Å². The molecule has 0 saturated carbocycles. The lowest BCUT2D eigenvalue weighted by Crippen LogP contribution is -2.30. The molecule has 0 aliphatic heterocycles. The van der Waals surface area contributed by atoms with Crippen molar-refractivity contribution >= 4 is 5.71 Å². The van der Waals surface area contributed by atoms with E-state index in [0.29, 0.717) is 30.9 Å². The van der Waals surface area contributed by atoms with Crippen LogP contribution in [0.5, 0.6) is 0 Å². The maximum atomic E-state index is 12.8. The van der Waals surface area contributed by atoms with E-state index in [1.807, 2.05) is 4.90 Å². The van der Waals surface area contributed by atoms with Crippen molar-refractivity contribution in [1.29, 1.82) is 0 Å². The average molecular weight is 248 g/mol. The molecule has 1 aromatic carbocycles. The van der Waals surface area contributed by atoms with Crippen LogP contribution in [0, 0.1) is 5.82 Å². The van der Waals surface area contributed by atoms with Gasteiger partial charge in [0.1, 0.15) is 11.5 Å². The number of nitrogens with zero attached hydrogens (tertiary/aromatic N) is 2. The highest BCUT2D eigenvalue weighted by atomic mass is 19.1. The highest BCUT2D eigenvalue weighted by Gasteiger charge is 2.09. The van der Waals surface area contributed by atoms with Gasteiger partial charge in [0.15, 0.2) is 0 Å². The van der Waals surface area contributed by atoms with E-state index in [-0.39, 0.29) is 5.82 Å². The summed E-state index contributed by atoms with van der Waals surface area (Å²) in [6.45, 7) is 9.11. The zero-order valence-corrected chi connectivity index (χ0v) is 10.2. The second-order valence-corrected chi connectivity index (χ2v) is 3.83. The van der Waals surface area contributed by atoms with Crippen LogP contribution in [0.2, 0.25) is 0 Å². The highest BCUT2D eigenvalue weighted by Crippen LogP contribution is 2.06. The zero-order chi connectivity index (χ0) is 13.4. The fourth-order valence-corrected chi connectivity index (χ4v) is 1.60. The van der Waals surface area contributed by atoms with Crippen LogP contribution in [0.1, 0.15) is 5.56 Å². The fraction of sp³-hybridized carbons (Fsp3) is 0.214. The minimum Gasteiger partial charge on any atom is -0.411 e. The van der Waals surface area contributed by atoms with Crippen molar-refractivity contribution in [3.63, 3.8) is 0 Å². The van der Waals surface area contributed by atoms with Gasteiger partial charge in [-0.3, -0.25) is 4.90 Å². The molecular weight excluding hydrogens is 231 g/mol. The summed E-state index contributed by atoms with van der Waals surface area (Å²) in [5.41, 5.74) is 1.18. The molecule has 0 spiro atoms. The lowest BCUT2D eigenvalue weighted by atomic mass is 10.1. The first-order valence-electron chi connectivity index (χ1n) is 5.62. The quantitative estimate of drug-likeness (QED) is 0.348.